The van der Waals surface area contributed by atoms with Gasteiger partial charge < -0.3 is 14.6 Å². The van der Waals surface area contributed by atoms with Crippen molar-refractivity contribution in [3.63, 3.8) is 0 Å². The first-order chi connectivity index (χ1) is 15.0. The molecule has 3 rings (SSSR count). The van der Waals surface area contributed by atoms with Crippen LogP contribution in [0.15, 0.2) is 42.5 Å². The number of carbonyl (C=O) groups excluding carboxylic acids is 2. The van der Waals surface area contributed by atoms with E-state index in [1.165, 1.54) is 18.2 Å². The third kappa shape index (κ3) is 4.92. The Morgan fingerprint density at radius 2 is 1.94 bits per heavy atom. The fourth-order valence-electron chi connectivity index (χ4n) is 3.80. The quantitative estimate of drug-likeness (QED) is 0.419. The molecule has 0 bridgehead atoms. The molecular weight excluding hydrogens is 445 g/mol. The Morgan fingerprint density at radius 3 is 2.50 bits per heavy atom. The number of rotatable bonds is 7. The van der Waals surface area contributed by atoms with E-state index in [0.717, 1.165) is 12.1 Å². The summed E-state index contributed by atoms with van der Waals surface area (Å²) in [7, 11) is 0. The van der Waals surface area contributed by atoms with E-state index in [0.29, 0.717) is 35.3 Å². The van der Waals surface area contributed by atoms with Gasteiger partial charge >= 0.3 is 12.1 Å². The average Bonchev–Trinajstić information content (AvgIpc) is 3.46. The standard InChI is InChI=1S/C22H23F3N2O4S/c1-12(13-3-8-17(14(9-13)11-28)20(30)31-32-26)27-19(29)18-10-21(18,2)15-4-6-16(7-5-15)22(23,24)25/h3-9,12,18,28H,10-11,26H2,1-2H3,(H,27,29)/t12-,18?,21?/m1/s1. The molecule has 1 fully saturated rings. The number of amides is 1. The smallest absolute Gasteiger partial charge is 0.392 e. The van der Waals surface area contributed by atoms with Gasteiger partial charge in [-0.15, -0.1) is 0 Å². The molecule has 3 atom stereocenters. The number of hydrogen-bond acceptors (Lipinski definition) is 6. The molecular formula is C22H23F3N2O4S. The minimum absolute atomic E-state index is 0.171. The number of halogens is 3. The molecule has 172 valence electrons. The van der Waals surface area contributed by atoms with Crippen LogP contribution < -0.4 is 10.5 Å². The highest BCUT2D eigenvalue weighted by atomic mass is 32.2. The summed E-state index contributed by atoms with van der Waals surface area (Å²) < 4.78 is 43.1. The van der Waals surface area contributed by atoms with Gasteiger partial charge in [0.25, 0.3) is 0 Å². The summed E-state index contributed by atoms with van der Waals surface area (Å²) in [6.07, 6.45) is -3.88. The van der Waals surface area contributed by atoms with Crippen LogP contribution in [-0.4, -0.2) is 17.0 Å². The molecule has 0 aromatic heterocycles. The summed E-state index contributed by atoms with van der Waals surface area (Å²) in [5.74, 6) is -1.27. The lowest BCUT2D eigenvalue weighted by molar-refractivity contribution is -0.137. The molecule has 1 aliphatic carbocycles. The number of hydrogen-bond donors (Lipinski definition) is 3. The third-order valence-corrected chi connectivity index (χ3v) is 6.18. The average molecular weight is 468 g/mol. The van der Waals surface area contributed by atoms with Gasteiger partial charge in [0.05, 0.1) is 23.8 Å². The maximum atomic E-state index is 12.8. The summed E-state index contributed by atoms with van der Waals surface area (Å²) in [6.45, 7) is 3.22. The maximum Gasteiger partial charge on any atom is 0.416 e. The molecule has 0 radical (unpaired) electrons. The summed E-state index contributed by atoms with van der Waals surface area (Å²) in [4.78, 5) is 24.7. The predicted molar refractivity (Wildman–Crippen MR) is 113 cm³/mol. The lowest BCUT2D eigenvalue weighted by Gasteiger charge is -2.18. The van der Waals surface area contributed by atoms with Crippen molar-refractivity contribution in [1.29, 1.82) is 0 Å². The maximum absolute atomic E-state index is 12.8. The number of alkyl halides is 3. The SMILES string of the molecule is C[C@@H](NC(=O)C1CC1(C)c1ccc(C(F)(F)F)cc1)c1ccc(C(=O)OSN)c(CO)c1. The Labute approximate surface area is 187 Å². The fraction of sp³-hybridized carbons (Fsp3) is 0.364. The van der Waals surface area contributed by atoms with Crippen LogP contribution >= 0.6 is 12.2 Å². The lowest BCUT2D eigenvalue weighted by atomic mass is 9.94. The Hall–Kier alpha value is -2.56. The highest BCUT2D eigenvalue weighted by Gasteiger charge is 2.55. The molecule has 0 aliphatic heterocycles. The van der Waals surface area contributed by atoms with E-state index in [9.17, 15) is 27.9 Å². The van der Waals surface area contributed by atoms with Crippen LogP contribution in [0.2, 0.25) is 0 Å². The van der Waals surface area contributed by atoms with Crippen LogP contribution in [-0.2, 0) is 27.2 Å². The van der Waals surface area contributed by atoms with Gasteiger partial charge in [-0.2, -0.15) is 13.2 Å². The van der Waals surface area contributed by atoms with Crippen molar-refractivity contribution in [3.8, 4) is 0 Å². The van der Waals surface area contributed by atoms with Gasteiger partial charge in [-0.25, -0.2) is 9.93 Å². The lowest BCUT2D eigenvalue weighted by Crippen LogP contribution is -2.30. The van der Waals surface area contributed by atoms with Crippen LogP contribution in [0.1, 0.15) is 58.9 Å². The van der Waals surface area contributed by atoms with Crippen LogP contribution in [0.4, 0.5) is 13.2 Å². The van der Waals surface area contributed by atoms with E-state index in [1.54, 1.807) is 19.1 Å². The van der Waals surface area contributed by atoms with Crippen LogP contribution in [0.3, 0.4) is 0 Å². The summed E-state index contributed by atoms with van der Waals surface area (Å²) >= 11 is 0.409. The minimum atomic E-state index is -4.40. The zero-order valence-electron chi connectivity index (χ0n) is 17.4. The minimum Gasteiger partial charge on any atom is -0.392 e. The fourth-order valence-corrected chi connectivity index (χ4v) is 3.98. The third-order valence-electron chi connectivity index (χ3n) is 5.93. The normalized spacial score (nSPS) is 21.0. The molecule has 2 unspecified atom stereocenters. The second-order valence-corrected chi connectivity index (χ2v) is 8.38. The number of nitrogens with two attached hydrogens (primary N) is 1. The van der Waals surface area contributed by atoms with Gasteiger partial charge in [-0.3, -0.25) is 4.79 Å². The first kappa shape index (κ1) is 24.1. The van der Waals surface area contributed by atoms with E-state index in [4.69, 9.17) is 5.14 Å². The highest BCUT2D eigenvalue weighted by Crippen LogP contribution is 2.54. The topological polar surface area (TPSA) is 102 Å². The van der Waals surface area contributed by atoms with E-state index in [2.05, 4.69) is 9.50 Å². The van der Waals surface area contributed by atoms with Crippen molar-refractivity contribution in [1.82, 2.24) is 5.32 Å². The molecule has 32 heavy (non-hydrogen) atoms. The first-order valence-corrected chi connectivity index (χ1v) is 10.6. The van der Waals surface area contributed by atoms with Crippen LogP contribution in [0, 0.1) is 5.92 Å². The number of aliphatic hydroxyl groups excluding tert-OH is 1. The zero-order chi connectivity index (χ0) is 23.7. The van der Waals surface area contributed by atoms with Crippen molar-refractivity contribution in [2.24, 2.45) is 11.1 Å². The second-order valence-electron chi connectivity index (χ2n) is 8.02. The number of nitrogens with one attached hydrogen (secondary N) is 1. The Kier molecular flexibility index (Phi) is 6.87. The molecule has 1 amide bonds. The van der Waals surface area contributed by atoms with Gasteiger partial charge in [0, 0.05) is 11.3 Å². The first-order valence-electron chi connectivity index (χ1n) is 9.80. The molecule has 0 saturated heterocycles. The van der Waals surface area contributed by atoms with Gasteiger partial charge in [0.2, 0.25) is 5.91 Å². The van der Waals surface area contributed by atoms with E-state index in [1.807, 2.05) is 6.92 Å². The van der Waals surface area contributed by atoms with Crippen molar-refractivity contribution >= 4 is 24.1 Å². The van der Waals surface area contributed by atoms with Crippen molar-refractivity contribution in [2.45, 2.75) is 44.5 Å². The van der Waals surface area contributed by atoms with Crippen molar-refractivity contribution in [3.05, 3.63) is 70.3 Å². The van der Waals surface area contributed by atoms with Crippen LogP contribution in [0.25, 0.3) is 0 Å². The van der Waals surface area contributed by atoms with E-state index in [-0.39, 0.29) is 17.4 Å². The second kappa shape index (κ2) is 9.13. The Morgan fingerprint density at radius 1 is 1.28 bits per heavy atom. The molecule has 6 nitrogen and oxygen atoms in total. The largest absolute Gasteiger partial charge is 0.416 e. The zero-order valence-corrected chi connectivity index (χ0v) is 18.2. The Balaban J connectivity index is 1.68. The molecule has 1 saturated carbocycles. The Bertz CT molecular complexity index is 1010. The number of aliphatic hydroxyl groups is 1. The number of benzene rings is 2. The van der Waals surface area contributed by atoms with Gasteiger partial charge in [0.15, 0.2) is 0 Å². The summed E-state index contributed by atoms with van der Waals surface area (Å²) in [5.41, 5.74) is 0.612. The number of carbonyl (C=O) groups is 2. The summed E-state index contributed by atoms with van der Waals surface area (Å²) in [5, 5.41) is 17.6. The molecule has 2 aromatic rings. The molecule has 1 aliphatic rings. The van der Waals surface area contributed by atoms with Crippen molar-refractivity contribution in [2.75, 3.05) is 0 Å². The van der Waals surface area contributed by atoms with Crippen LogP contribution in [0.5, 0.6) is 0 Å². The van der Waals surface area contributed by atoms with E-state index < -0.39 is 35.8 Å². The monoisotopic (exact) mass is 468 g/mol. The molecule has 0 heterocycles. The molecule has 2 aromatic carbocycles. The molecule has 10 heteroatoms. The predicted octanol–water partition coefficient (Wildman–Crippen LogP) is 4.03. The van der Waals surface area contributed by atoms with Gasteiger partial charge in [0.1, 0.15) is 12.2 Å². The summed E-state index contributed by atoms with van der Waals surface area (Å²) in [6, 6.07) is 9.22. The van der Waals surface area contributed by atoms with Crippen molar-refractivity contribution < 1.29 is 32.0 Å². The molecule has 4 N–H and O–H groups in total. The van der Waals surface area contributed by atoms with Gasteiger partial charge in [-0.05, 0) is 48.2 Å². The highest BCUT2D eigenvalue weighted by molar-refractivity contribution is 7.92. The van der Waals surface area contributed by atoms with E-state index >= 15 is 0 Å². The molecule has 0 spiro atoms. The van der Waals surface area contributed by atoms with Gasteiger partial charge in [-0.1, -0.05) is 31.2 Å².